The van der Waals surface area contributed by atoms with E-state index < -0.39 is 0 Å². The fourth-order valence-electron chi connectivity index (χ4n) is 3.08. The molecule has 0 fully saturated rings. The molecule has 0 unspecified atom stereocenters. The van der Waals surface area contributed by atoms with E-state index >= 15 is 0 Å². The molecule has 1 aliphatic rings. The smallest absolute Gasteiger partial charge is 0.155 e. The lowest BCUT2D eigenvalue weighted by atomic mass is 9.85. The van der Waals surface area contributed by atoms with Crippen LogP contribution in [0.15, 0.2) is 48.5 Å². The van der Waals surface area contributed by atoms with E-state index in [2.05, 4.69) is 90.3 Å². The second kappa shape index (κ2) is 5.97. The van der Waals surface area contributed by atoms with Crippen molar-refractivity contribution in [3.8, 4) is 0 Å². The van der Waals surface area contributed by atoms with E-state index in [4.69, 9.17) is 4.74 Å². The Morgan fingerprint density at radius 1 is 1.10 bits per heavy atom. The number of anilines is 1. The van der Waals surface area contributed by atoms with Gasteiger partial charge in [0.15, 0.2) is 6.23 Å². The van der Waals surface area contributed by atoms with E-state index in [9.17, 15) is 0 Å². The van der Waals surface area contributed by atoms with Crippen LogP contribution in [-0.2, 0) is 10.3 Å². The number of nitrogens with one attached hydrogen (secondary N) is 1. The molecule has 0 amide bonds. The SMILES string of the molecule is CCC1(CC)O[C@H](c2cccc(I)c2)Nc2ccccc21. The molecular weight excluding hydrogens is 373 g/mol. The second-order valence-corrected chi connectivity index (χ2v) is 6.69. The van der Waals surface area contributed by atoms with Crippen LogP contribution in [0.4, 0.5) is 5.69 Å². The minimum atomic E-state index is -0.201. The Hall–Kier alpha value is -1.07. The van der Waals surface area contributed by atoms with Crippen LogP contribution in [0.25, 0.3) is 0 Å². The van der Waals surface area contributed by atoms with Gasteiger partial charge in [-0.25, -0.2) is 0 Å². The number of halogens is 1. The average Bonchev–Trinajstić information content (AvgIpc) is 2.54. The predicted octanol–water partition coefficient (Wildman–Crippen LogP) is 5.45. The monoisotopic (exact) mass is 393 g/mol. The first-order chi connectivity index (χ1) is 10.2. The summed E-state index contributed by atoms with van der Waals surface area (Å²) in [6.45, 7) is 4.41. The van der Waals surface area contributed by atoms with E-state index in [1.165, 1.54) is 20.4 Å². The standard InChI is InChI=1S/C18H20INO/c1-3-18(4-2)15-10-5-6-11-16(15)20-17(21-18)13-8-7-9-14(19)12-13/h5-12,17,20H,3-4H2,1-2H3/t17-/m1/s1. The van der Waals surface area contributed by atoms with E-state index in [1.807, 2.05) is 0 Å². The largest absolute Gasteiger partial charge is 0.356 e. The molecule has 2 nitrogen and oxygen atoms in total. The molecule has 3 rings (SSSR count). The summed E-state index contributed by atoms with van der Waals surface area (Å²) >= 11 is 2.35. The third-order valence-electron chi connectivity index (χ3n) is 4.34. The second-order valence-electron chi connectivity index (χ2n) is 5.44. The third-order valence-corrected chi connectivity index (χ3v) is 5.01. The first-order valence-electron chi connectivity index (χ1n) is 7.48. The Morgan fingerprint density at radius 3 is 2.57 bits per heavy atom. The van der Waals surface area contributed by atoms with Crippen molar-refractivity contribution < 1.29 is 4.74 Å². The summed E-state index contributed by atoms with van der Waals surface area (Å²) < 4.78 is 7.76. The molecule has 0 spiro atoms. The van der Waals surface area contributed by atoms with Gasteiger partial charge >= 0.3 is 0 Å². The highest BCUT2D eigenvalue weighted by atomic mass is 127. The molecule has 0 saturated heterocycles. The van der Waals surface area contributed by atoms with Crippen LogP contribution in [0.1, 0.15) is 44.0 Å². The van der Waals surface area contributed by atoms with Crippen molar-refractivity contribution in [1.82, 2.24) is 0 Å². The van der Waals surface area contributed by atoms with Crippen LogP contribution in [0.2, 0.25) is 0 Å². The van der Waals surface area contributed by atoms with Crippen molar-refractivity contribution in [2.45, 2.75) is 38.5 Å². The Kier molecular flexibility index (Phi) is 4.22. The molecule has 3 heteroatoms. The lowest BCUT2D eigenvalue weighted by molar-refractivity contribution is -0.103. The zero-order chi connectivity index (χ0) is 14.9. The van der Waals surface area contributed by atoms with E-state index in [-0.39, 0.29) is 11.8 Å². The molecule has 0 aromatic heterocycles. The quantitative estimate of drug-likeness (QED) is 0.701. The topological polar surface area (TPSA) is 21.3 Å². The summed E-state index contributed by atoms with van der Waals surface area (Å²) in [5, 5.41) is 3.54. The number of fused-ring (bicyclic) bond motifs is 1. The van der Waals surface area contributed by atoms with Gasteiger partial charge < -0.3 is 10.1 Å². The highest BCUT2D eigenvalue weighted by molar-refractivity contribution is 14.1. The molecule has 0 aliphatic carbocycles. The van der Waals surface area contributed by atoms with Crippen LogP contribution in [0, 0.1) is 3.57 Å². The van der Waals surface area contributed by atoms with Crippen LogP contribution >= 0.6 is 22.6 Å². The number of benzene rings is 2. The Balaban J connectivity index is 2.05. The molecule has 0 bridgehead atoms. The number of hydrogen-bond acceptors (Lipinski definition) is 2. The zero-order valence-corrected chi connectivity index (χ0v) is 14.6. The van der Waals surface area contributed by atoms with Gasteiger partial charge in [-0.15, -0.1) is 0 Å². The molecule has 1 atom stereocenters. The minimum absolute atomic E-state index is 0.0884. The normalized spacial score (nSPS) is 19.7. The van der Waals surface area contributed by atoms with Gasteiger partial charge in [-0.3, -0.25) is 0 Å². The van der Waals surface area contributed by atoms with Gasteiger partial charge in [0, 0.05) is 20.4 Å². The van der Waals surface area contributed by atoms with Crippen molar-refractivity contribution in [3.05, 3.63) is 63.2 Å². The highest BCUT2D eigenvalue weighted by Gasteiger charge is 2.38. The molecule has 21 heavy (non-hydrogen) atoms. The average molecular weight is 393 g/mol. The van der Waals surface area contributed by atoms with Crippen molar-refractivity contribution in [3.63, 3.8) is 0 Å². The highest BCUT2D eigenvalue weighted by Crippen LogP contribution is 2.45. The zero-order valence-electron chi connectivity index (χ0n) is 12.4. The number of para-hydroxylation sites is 1. The molecule has 1 aliphatic heterocycles. The van der Waals surface area contributed by atoms with Crippen molar-refractivity contribution >= 4 is 28.3 Å². The summed E-state index contributed by atoms with van der Waals surface area (Å²) in [5.41, 5.74) is 3.45. The minimum Gasteiger partial charge on any atom is -0.356 e. The fourth-order valence-corrected chi connectivity index (χ4v) is 3.65. The molecule has 0 radical (unpaired) electrons. The predicted molar refractivity (Wildman–Crippen MR) is 95.3 cm³/mol. The van der Waals surface area contributed by atoms with Crippen LogP contribution in [0.3, 0.4) is 0 Å². The molecule has 1 N–H and O–H groups in total. The van der Waals surface area contributed by atoms with E-state index in [1.54, 1.807) is 0 Å². The lowest BCUT2D eigenvalue weighted by Gasteiger charge is -2.43. The molecule has 2 aromatic rings. The number of hydrogen-bond donors (Lipinski definition) is 1. The van der Waals surface area contributed by atoms with Gasteiger partial charge in [0.05, 0.1) is 5.60 Å². The molecule has 110 valence electrons. The molecule has 0 saturated carbocycles. The van der Waals surface area contributed by atoms with Gasteiger partial charge in [-0.2, -0.15) is 0 Å². The van der Waals surface area contributed by atoms with Crippen LogP contribution in [0.5, 0.6) is 0 Å². The lowest BCUT2D eigenvalue weighted by Crippen LogP contribution is -2.37. The van der Waals surface area contributed by atoms with Gasteiger partial charge in [-0.05, 0) is 53.6 Å². The summed E-state index contributed by atoms with van der Waals surface area (Å²) in [6.07, 6.45) is 1.86. The fraction of sp³-hybridized carbons (Fsp3) is 0.333. The third kappa shape index (κ3) is 2.69. The van der Waals surface area contributed by atoms with Crippen molar-refractivity contribution in [2.24, 2.45) is 0 Å². The molecular formula is C18H20INO. The number of rotatable bonds is 3. The summed E-state index contributed by atoms with van der Waals surface area (Å²) in [4.78, 5) is 0. The van der Waals surface area contributed by atoms with Gasteiger partial charge in [0.1, 0.15) is 0 Å². The Bertz CT molecular complexity index is 637. The first kappa shape index (κ1) is 14.9. The maximum absolute atomic E-state index is 6.53. The van der Waals surface area contributed by atoms with Gasteiger partial charge in [0.2, 0.25) is 0 Å². The van der Waals surface area contributed by atoms with Crippen molar-refractivity contribution in [2.75, 3.05) is 5.32 Å². The van der Waals surface area contributed by atoms with E-state index in [0.717, 1.165) is 12.8 Å². The van der Waals surface area contributed by atoms with Gasteiger partial charge in [-0.1, -0.05) is 44.2 Å². The van der Waals surface area contributed by atoms with Crippen LogP contribution < -0.4 is 5.32 Å². The maximum Gasteiger partial charge on any atom is 0.155 e. The summed E-state index contributed by atoms with van der Waals surface area (Å²) in [7, 11) is 0. The van der Waals surface area contributed by atoms with Crippen LogP contribution in [-0.4, -0.2) is 0 Å². The van der Waals surface area contributed by atoms with Gasteiger partial charge in [0.25, 0.3) is 0 Å². The number of ether oxygens (including phenoxy) is 1. The van der Waals surface area contributed by atoms with Crippen molar-refractivity contribution in [1.29, 1.82) is 0 Å². The molecule has 2 aromatic carbocycles. The summed E-state index contributed by atoms with van der Waals surface area (Å²) in [5.74, 6) is 0. The van der Waals surface area contributed by atoms with E-state index in [0.29, 0.717) is 0 Å². The summed E-state index contributed by atoms with van der Waals surface area (Å²) in [6, 6.07) is 17.0. The Morgan fingerprint density at radius 2 is 1.86 bits per heavy atom. The maximum atomic E-state index is 6.53. The first-order valence-corrected chi connectivity index (χ1v) is 8.55. The molecule has 1 heterocycles. The Labute approximate surface area is 140 Å².